The maximum Gasteiger partial charge on any atom is 0.251 e. The van der Waals surface area contributed by atoms with Crippen LogP contribution in [-0.4, -0.2) is 36.5 Å². The molecule has 0 saturated carbocycles. The fourth-order valence-electron chi connectivity index (χ4n) is 2.97. The second kappa shape index (κ2) is 7.46. The number of nitrogen functional groups attached to an aromatic ring is 1. The zero-order chi connectivity index (χ0) is 15.2. The van der Waals surface area contributed by atoms with Crippen molar-refractivity contribution in [2.24, 2.45) is 0 Å². The Kier molecular flexibility index (Phi) is 5.62. The molecular weight excluding hydrogens is 262 g/mol. The Morgan fingerprint density at radius 1 is 1.43 bits per heavy atom. The minimum absolute atomic E-state index is 0.0218. The number of nitrogens with two attached hydrogens (primary N) is 1. The van der Waals surface area contributed by atoms with Crippen molar-refractivity contribution in [1.82, 2.24) is 10.2 Å². The van der Waals surface area contributed by atoms with Gasteiger partial charge in [0.2, 0.25) is 0 Å². The maximum atomic E-state index is 12.2. The highest BCUT2D eigenvalue weighted by Crippen LogP contribution is 2.17. The largest absolute Gasteiger partial charge is 0.398 e. The summed E-state index contributed by atoms with van der Waals surface area (Å²) in [5, 5.41) is 3.00. The number of anilines is 1. The molecule has 0 radical (unpaired) electrons. The number of benzene rings is 1. The molecule has 116 valence electrons. The van der Waals surface area contributed by atoms with Crippen LogP contribution in [-0.2, 0) is 0 Å². The second-order valence-electron chi connectivity index (χ2n) is 6.01. The number of nitrogens with one attached hydrogen (secondary N) is 1. The molecule has 1 amide bonds. The molecule has 3 N–H and O–H groups in total. The van der Waals surface area contributed by atoms with Crippen molar-refractivity contribution in [2.75, 3.05) is 25.4 Å². The van der Waals surface area contributed by atoms with Gasteiger partial charge in [-0.15, -0.1) is 0 Å². The predicted molar refractivity (Wildman–Crippen MR) is 87.4 cm³/mol. The van der Waals surface area contributed by atoms with Crippen molar-refractivity contribution in [3.63, 3.8) is 0 Å². The minimum atomic E-state index is -0.0218. The molecule has 0 aliphatic carbocycles. The summed E-state index contributed by atoms with van der Waals surface area (Å²) in [6, 6.07) is 6.16. The summed E-state index contributed by atoms with van der Waals surface area (Å²) in [7, 11) is 0. The van der Waals surface area contributed by atoms with Gasteiger partial charge < -0.3 is 16.0 Å². The van der Waals surface area contributed by atoms with Gasteiger partial charge in [0.15, 0.2) is 0 Å². The highest BCUT2D eigenvalue weighted by atomic mass is 16.1. The number of hydrogen-bond donors (Lipinski definition) is 2. The maximum absolute atomic E-state index is 12.2. The van der Waals surface area contributed by atoms with Gasteiger partial charge in [-0.2, -0.15) is 0 Å². The van der Waals surface area contributed by atoms with Gasteiger partial charge in [-0.25, -0.2) is 0 Å². The van der Waals surface area contributed by atoms with Gasteiger partial charge >= 0.3 is 0 Å². The number of likely N-dealkylation sites (tertiary alicyclic amines) is 1. The van der Waals surface area contributed by atoms with E-state index in [-0.39, 0.29) is 5.91 Å². The van der Waals surface area contributed by atoms with Crippen LogP contribution in [0.2, 0.25) is 0 Å². The molecule has 1 fully saturated rings. The van der Waals surface area contributed by atoms with E-state index in [9.17, 15) is 4.79 Å². The summed E-state index contributed by atoms with van der Waals surface area (Å²) in [5.74, 6) is -0.0218. The Bertz CT molecular complexity index is 487. The van der Waals surface area contributed by atoms with E-state index in [1.165, 1.54) is 25.8 Å². The standard InChI is InChI=1S/C17H27N3O/c1-13-7-3-4-11-20(13)12-6-10-19-17(21)15-8-5-9-16(18)14(15)2/h5,8-9,13H,3-4,6-7,10-12,18H2,1-2H3,(H,19,21). The first kappa shape index (κ1) is 15.8. The van der Waals surface area contributed by atoms with Crippen molar-refractivity contribution in [3.8, 4) is 0 Å². The Morgan fingerprint density at radius 3 is 3.00 bits per heavy atom. The number of nitrogens with zero attached hydrogens (tertiary/aromatic N) is 1. The molecule has 1 aliphatic heterocycles. The lowest BCUT2D eigenvalue weighted by molar-refractivity contribution is 0.0948. The van der Waals surface area contributed by atoms with Gasteiger partial charge in [-0.3, -0.25) is 4.79 Å². The fourth-order valence-corrected chi connectivity index (χ4v) is 2.97. The zero-order valence-corrected chi connectivity index (χ0v) is 13.2. The van der Waals surface area contributed by atoms with E-state index in [0.717, 1.165) is 25.1 Å². The summed E-state index contributed by atoms with van der Waals surface area (Å²) in [5.41, 5.74) is 8.05. The summed E-state index contributed by atoms with van der Waals surface area (Å²) < 4.78 is 0. The number of carbonyl (C=O) groups is 1. The number of amides is 1. The van der Waals surface area contributed by atoms with Crippen LogP contribution in [0.25, 0.3) is 0 Å². The molecule has 4 nitrogen and oxygen atoms in total. The third-order valence-corrected chi connectivity index (χ3v) is 4.47. The Morgan fingerprint density at radius 2 is 2.24 bits per heavy atom. The SMILES string of the molecule is Cc1c(N)cccc1C(=O)NCCCN1CCCCC1C. The summed E-state index contributed by atoms with van der Waals surface area (Å²) in [4.78, 5) is 14.7. The van der Waals surface area contributed by atoms with Gasteiger partial charge in [-0.1, -0.05) is 12.5 Å². The van der Waals surface area contributed by atoms with Gasteiger partial charge in [-0.05, 0) is 57.4 Å². The number of rotatable bonds is 5. The summed E-state index contributed by atoms with van der Waals surface area (Å²) in [6.45, 7) is 7.17. The van der Waals surface area contributed by atoms with Gasteiger partial charge in [0.25, 0.3) is 5.91 Å². The van der Waals surface area contributed by atoms with E-state index >= 15 is 0 Å². The van der Waals surface area contributed by atoms with E-state index in [2.05, 4.69) is 17.1 Å². The first-order valence-corrected chi connectivity index (χ1v) is 7.97. The molecule has 1 aromatic carbocycles. The van der Waals surface area contributed by atoms with Crippen molar-refractivity contribution in [2.45, 2.75) is 45.6 Å². The van der Waals surface area contributed by atoms with Crippen molar-refractivity contribution < 1.29 is 4.79 Å². The van der Waals surface area contributed by atoms with Crippen LogP contribution in [0.4, 0.5) is 5.69 Å². The molecule has 1 saturated heterocycles. The van der Waals surface area contributed by atoms with Crippen LogP contribution in [0.5, 0.6) is 0 Å². The monoisotopic (exact) mass is 289 g/mol. The van der Waals surface area contributed by atoms with Crippen LogP contribution >= 0.6 is 0 Å². The minimum Gasteiger partial charge on any atom is -0.398 e. The Labute approximate surface area is 127 Å². The van der Waals surface area contributed by atoms with E-state index in [4.69, 9.17) is 5.73 Å². The normalized spacial score (nSPS) is 19.4. The highest BCUT2D eigenvalue weighted by Gasteiger charge is 2.17. The molecule has 1 aromatic rings. The smallest absolute Gasteiger partial charge is 0.251 e. The summed E-state index contributed by atoms with van der Waals surface area (Å²) in [6.07, 6.45) is 4.95. The molecule has 0 spiro atoms. The Balaban J connectivity index is 1.75. The van der Waals surface area contributed by atoms with Gasteiger partial charge in [0, 0.05) is 30.4 Å². The molecule has 1 unspecified atom stereocenters. The van der Waals surface area contributed by atoms with Crippen LogP contribution in [0.3, 0.4) is 0 Å². The van der Waals surface area contributed by atoms with Crippen LogP contribution in [0, 0.1) is 6.92 Å². The summed E-state index contributed by atoms with van der Waals surface area (Å²) >= 11 is 0. The molecule has 0 bridgehead atoms. The lowest BCUT2D eigenvalue weighted by atomic mass is 10.0. The van der Waals surface area contributed by atoms with Gasteiger partial charge in [0.1, 0.15) is 0 Å². The van der Waals surface area contributed by atoms with E-state index in [1.54, 1.807) is 0 Å². The van der Waals surface area contributed by atoms with Crippen LogP contribution in [0.1, 0.15) is 48.5 Å². The third kappa shape index (κ3) is 4.21. The van der Waals surface area contributed by atoms with E-state index in [0.29, 0.717) is 17.3 Å². The zero-order valence-electron chi connectivity index (χ0n) is 13.2. The highest BCUT2D eigenvalue weighted by molar-refractivity contribution is 5.96. The van der Waals surface area contributed by atoms with Crippen molar-refractivity contribution in [1.29, 1.82) is 0 Å². The number of piperidine rings is 1. The molecule has 4 heteroatoms. The number of carbonyl (C=O) groups excluding carboxylic acids is 1. The Hall–Kier alpha value is -1.55. The predicted octanol–water partition coefficient (Wildman–Crippen LogP) is 2.57. The second-order valence-corrected chi connectivity index (χ2v) is 6.01. The van der Waals surface area contributed by atoms with Crippen LogP contribution in [0.15, 0.2) is 18.2 Å². The molecule has 1 aliphatic rings. The first-order chi connectivity index (χ1) is 10.1. The van der Waals surface area contributed by atoms with E-state index in [1.807, 2.05) is 25.1 Å². The fraction of sp³-hybridized carbons (Fsp3) is 0.588. The molecular formula is C17H27N3O. The lowest BCUT2D eigenvalue weighted by Gasteiger charge is -2.33. The quantitative estimate of drug-likeness (QED) is 0.647. The molecule has 1 atom stereocenters. The molecule has 0 aromatic heterocycles. The lowest BCUT2D eigenvalue weighted by Crippen LogP contribution is -2.39. The third-order valence-electron chi connectivity index (χ3n) is 4.47. The average molecular weight is 289 g/mol. The van der Waals surface area contributed by atoms with Crippen LogP contribution < -0.4 is 11.1 Å². The number of hydrogen-bond acceptors (Lipinski definition) is 3. The topological polar surface area (TPSA) is 58.4 Å². The molecule has 2 rings (SSSR count). The van der Waals surface area contributed by atoms with E-state index < -0.39 is 0 Å². The molecule has 1 heterocycles. The first-order valence-electron chi connectivity index (χ1n) is 7.97. The van der Waals surface area contributed by atoms with Gasteiger partial charge in [0.05, 0.1) is 0 Å². The van der Waals surface area contributed by atoms with Crippen molar-refractivity contribution in [3.05, 3.63) is 29.3 Å². The molecule has 21 heavy (non-hydrogen) atoms. The van der Waals surface area contributed by atoms with Crippen molar-refractivity contribution >= 4 is 11.6 Å². The average Bonchev–Trinajstić information content (AvgIpc) is 2.48.